The summed E-state index contributed by atoms with van der Waals surface area (Å²) in [5.74, 6) is -0.856. The summed E-state index contributed by atoms with van der Waals surface area (Å²) >= 11 is 0. The van der Waals surface area contributed by atoms with E-state index in [1.165, 1.54) is 238 Å². The lowest BCUT2D eigenvalue weighted by atomic mass is 10.0. The summed E-state index contributed by atoms with van der Waals surface area (Å²) in [6.45, 7) is 6.51. The Morgan fingerprint density at radius 2 is 0.506 bits per heavy atom. The van der Waals surface area contributed by atoms with Crippen molar-refractivity contribution in [1.29, 1.82) is 0 Å². The van der Waals surface area contributed by atoms with Crippen molar-refractivity contribution in [3.63, 3.8) is 0 Å². The number of hydrogen-bond donors (Lipinski definition) is 0. The molecule has 0 radical (unpaired) electrons. The molecule has 450 valence electrons. The average molecular weight is 1080 g/mol. The van der Waals surface area contributed by atoms with E-state index in [0.29, 0.717) is 19.3 Å². The first-order valence-electron chi connectivity index (χ1n) is 34.1. The first kappa shape index (κ1) is 74.4. The second-order valence-corrected chi connectivity index (χ2v) is 23.1. The molecule has 0 saturated carbocycles. The monoisotopic (exact) mass is 1080 g/mol. The first-order chi connectivity index (χ1) is 38.0. The molecule has 0 N–H and O–H groups in total. The topological polar surface area (TPSA) is 78.9 Å². The van der Waals surface area contributed by atoms with Gasteiger partial charge in [0.1, 0.15) is 13.2 Å². The van der Waals surface area contributed by atoms with E-state index in [0.717, 1.165) is 89.9 Å². The molecule has 0 aromatic carbocycles. The molecule has 0 amide bonds. The highest BCUT2D eigenvalue weighted by molar-refractivity contribution is 5.71. The van der Waals surface area contributed by atoms with Crippen LogP contribution < -0.4 is 0 Å². The fourth-order valence-electron chi connectivity index (χ4n) is 10.3. The molecule has 0 aliphatic carbocycles. The van der Waals surface area contributed by atoms with Gasteiger partial charge in [0.2, 0.25) is 0 Å². The molecule has 0 fully saturated rings. The van der Waals surface area contributed by atoms with Gasteiger partial charge in [-0.3, -0.25) is 14.4 Å². The van der Waals surface area contributed by atoms with Crippen LogP contribution in [0, 0.1) is 0 Å². The molecule has 0 rings (SSSR count). The van der Waals surface area contributed by atoms with Crippen LogP contribution in [0.3, 0.4) is 0 Å². The number of unbranched alkanes of at least 4 members (excludes halogenated alkanes) is 44. The molecule has 0 bridgehead atoms. The van der Waals surface area contributed by atoms with Crippen LogP contribution in [0.1, 0.15) is 367 Å². The van der Waals surface area contributed by atoms with Crippen LogP contribution in [0.2, 0.25) is 0 Å². The molecule has 0 aliphatic heterocycles. The summed E-state index contributed by atoms with van der Waals surface area (Å²) in [7, 11) is 0. The van der Waals surface area contributed by atoms with Gasteiger partial charge in [0.25, 0.3) is 0 Å². The number of carbonyl (C=O) groups excluding carboxylic acids is 3. The Morgan fingerprint density at radius 1 is 0.273 bits per heavy atom. The molecule has 0 spiro atoms. The van der Waals surface area contributed by atoms with Crippen LogP contribution >= 0.6 is 0 Å². The Kier molecular flexibility index (Phi) is 63.6. The van der Waals surface area contributed by atoms with Gasteiger partial charge in [-0.05, 0) is 57.8 Å². The molecule has 1 atom stereocenters. The number of ether oxygens (including phenoxy) is 3. The molecule has 1 unspecified atom stereocenters. The van der Waals surface area contributed by atoms with E-state index in [9.17, 15) is 14.4 Å². The van der Waals surface area contributed by atoms with Crippen LogP contribution in [0.5, 0.6) is 0 Å². The van der Waals surface area contributed by atoms with Crippen LogP contribution in [-0.4, -0.2) is 37.2 Å². The van der Waals surface area contributed by atoms with E-state index in [1.807, 2.05) is 0 Å². The van der Waals surface area contributed by atoms with Crippen molar-refractivity contribution < 1.29 is 28.6 Å². The van der Waals surface area contributed by atoms with Crippen LogP contribution in [0.4, 0.5) is 0 Å². The predicted molar refractivity (Wildman–Crippen MR) is 335 cm³/mol. The van der Waals surface area contributed by atoms with E-state index in [-0.39, 0.29) is 31.1 Å². The summed E-state index contributed by atoms with van der Waals surface area (Å²) in [4.78, 5) is 38.0. The Bertz CT molecular complexity index is 1330. The molecule has 0 aromatic rings. The van der Waals surface area contributed by atoms with Crippen molar-refractivity contribution in [3.8, 4) is 0 Å². The van der Waals surface area contributed by atoms with Crippen molar-refractivity contribution in [2.24, 2.45) is 0 Å². The van der Waals surface area contributed by atoms with E-state index >= 15 is 0 Å². The van der Waals surface area contributed by atoms with Crippen LogP contribution in [-0.2, 0) is 28.6 Å². The summed E-state index contributed by atoms with van der Waals surface area (Å²) in [5.41, 5.74) is 0. The summed E-state index contributed by atoms with van der Waals surface area (Å²) < 4.78 is 16.8. The van der Waals surface area contributed by atoms with Gasteiger partial charge in [0.15, 0.2) is 6.10 Å². The van der Waals surface area contributed by atoms with Gasteiger partial charge in [0.05, 0.1) is 0 Å². The third-order valence-corrected chi connectivity index (χ3v) is 15.3. The molecule has 0 saturated heterocycles. The van der Waals surface area contributed by atoms with E-state index in [2.05, 4.69) is 69.4 Å². The van der Waals surface area contributed by atoms with Gasteiger partial charge < -0.3 is 14.2 Å². The lowest BCUT2D eigenvalue weighted by Gasteiger charge is -2.18. The number of rotatable bonds is 63. The number of hydrogen-bond acceptors (Lipinski definition) is 6. The van der Waals surface area contributed by atoms with Crippen LogP contribution in [0.15, 0.2) is 48.6 Å². The van der Waals surface area contributed by atoms with Gasteiger partial charge in [0, 0.05) is 19.3 Å². The van der Waals surface area contributed by atoms with E-state index < -0.39 is 6.10 Å². The minimum atomic E-state index is -0.765. The lowest BCUT2D eigenvalue weighted by Crippen LogP contribution is -2.30. The second kappa shape index (κ2) is 65.9. The molecular weight excluding hydrogens is 949 g/mol. The first-order valence-corrected chi connectivity index (χ1v) is 34.1. The largest absolute Gasteiger partial charge is 0.462 e. The summed E-state index contributed by atoms with van der Waals surface area (Å²) in [5, 5.41) is 0. The Hall–Kier alpha value is -2.63. The molecule has 77 heavy (non-hydrogen) atoms. The molecule has 0 aromatic heterocycles. The molecular formula is C71H130O6. The average Bonchev–Trinajstić information content (AvgIpc) is 3.43. The van der Waals surface area contributed by atoms with E-state index in [1.54, 1.807) is 0 Å². The number of carbonyl (C=O) groups is 3. The fraction of sp³-hybridized carbons (Fsp3) is 0.845. The zero-order valence-electron chi connectivity index (χ0n) is 51.7. The Morgan fingerprint density at radius 3 is 0.792 bits per heavy atom. The third-order valence-electron chi connectivity index (χ3n) is 15.3. The van der Waals surface area contributed by atoms with Crippen molar-refractivity contribution in [2.75, 3.05) is 13.2 Å². The van der Waals surface area contributed by atoms with Crippen molar-refractivity contribution >= 4 is 17.9 Å². The fourth-order valence-corrected chi connectivity index (χ4v) is 10.3. The highest BCUT2D eigenvalue weighted by atomic mass is 16.6. The van der Waals surface area contributed by atoms with Crippen LogP contribution in [0.25, 0.3) is 0 Å². The lowest BCUT2D eigenvalue weighted by molar-refractivity contribution is -0.167. The zero-order chi connectivity index (χ0) is 55.7. The minimum absolute atomic E-state index is 0.0671. The van der Waals surface area contributed by atoms with Gasteiger partial charge >= 0.3 is 17.9 Å². The minimum Gasteiger partial charge on any atom is -0.462 e. The second-order valence-electron chi connectivity index (χ2n) is 23.1. The maximum Gasteiger partial charge on any atom is 0.306 e. The van der Waals surface area contributed by atoms with Crippen molar-refractivity contribution in [3.05, 3.63) is 48.6 Å². The maximum absolute atomic E-state index is 12.8. The third kappa shape index (κ3) is 64.1. The summed E-state index contributed by atoms with van der Waals surface area (Å²) in [6, 6.07) is 0. The molecule has 0 heterocycles. The highest BCUT2D eigenvalue weighted by Gasteiger charge is 2.19. The standard InChI is InChI=1S/C71H130O6/c1-4-7-10-13-15-17-19-21-23-25-27-29-31-32-33-34-35-36-37-38-40-41-43-45-47-49-51-53-55-58-61-64-70(73)76-67-68(66-75-69(72)63-60-57-12-9-6-3)77-71(74)65-62-59-56-54-52-50-48-46-44-42-39-30-28-26-24-22-20-18-16-14-11-8-5-2/h7,10,15,17,21,23,27,29,68H,4-6,8-9,11-14,16,18-20,22,24-26,28,30-67H2,1-3H3/b10-7-,17-15-,23-21-,29-27-. The number of esters is 3. The maximum atomic E-state index is 12.8. The normalized spacial score (nSPS) is 12.3. The van der Waals surface area contributed by atoms with Crippen molar-refractivity contribution in [1.82, 2.24) is 0 Å². The SMILES string of the molecule is CC/C=C\C/C=C\C/C=C\C/C=C\CCCCCCCCCCCCCCCCCCCCC(=O)OCC(COC(=O)CCCCCCC)OC(=O)CCCCCCCCCCCCCCCCCCCCCCCCC. The number of allylic oxidation sites excluding steroid dienone is 8. The quantitative estimate of drug-likeness (QED) is 0.0261. The Labute approximate surface area is 479 Å². The van der Waals surface area contributed by atoms with Crippen molar-refractivity contribution in [2.45, 2.75) is 374 Å². The Balaban J connectivity index is 3.93. The highest BCUT2D eigenvalue weighted by Crippen LogP contribution is 2.18. The zero-order valence-corrected chi connectivity index (χ0v) is 51.7. The predicted octanol–water partition coefficient (Wildman–Crippen LogP) is 23.3. The van der Waals surface area contributed by atoms with Gasteiger partial charge in [-0.1, -0.05) is 339 Å². The molecule has 6 nitrogen and oxygen atoms in total. The summed E-state index contributed by atoms with van der Waals surface area (Å²) in [6.07, 6.45) is 83.4. The van der Waals surface area contributed by atoms with Gasteiger partial charge in [-0.25, -0.2) is 0 Å². The molecule has 0 aliphatic rings. The smallest absolute Gasteiger partial charge is 0.306 e. The van der Waals surface area contributed by atoms with Gasteiger partial charge in [-0.15, -0.1) is 0 Å². The van der Waals surface area contributed by atoms with Gasteiger partial charge in [-0.2, -0.15) is 0 Å². The molecule has 6 heteroatoms. The van der Waals surface area contributed by atoms with E-state index in [4.69, 9.17) is 14.2 Å².